The van der Waals surface area contributed by atoms with Gasteiger partial charge in [-0.3, -0.25) is 14.9 Å². The standard InChI is InChI=1S/C16H18N4O2S/c1-2-12(20-10-6-9-13(20)21)15(22)18-16-17-14(19-23-16)11-7-4-3-5-8-11/h3-5,7-8,12H,2,6,9-10H2,1H3,(H,17,18,19,22)/t12-/m0/s1. The summed E-state index contributed by atoms with van der Waals surface area (Å²) in [5, 5.41) is 3.25. The van der Waals surface area contributed by atoms with Crippen molar-refractivity contribution >= 4 is 28.5 Å². The van der Waals surface area contributed by atoms with Crippen LogP contribution in [0, 0.1) is 0 Å². The quantitative estimate of drug-likeness (QED) is 0.914. The Balaban J connectivity index is 1.70. The van der Waals surface area contributed by atoms with Crippen LogP contribution in [-0.4, -0.2) is 38.7 Å². The lowest BCUT2D eigenvalue weighted by Gasteiger charge is -2.25. The van der Waals surface area contributed by atoms with Gasteiger partial charge in [0.1, 0.15) is 6.04 Å². The molecule has 1 fully saturated rings. The molecule has 0 saturated carbocycles. The molecule has 0 aliphatic carbocycles. The maximum Gasteiger partial charge on any atom is 0.248 e. The average molecular weight is 330 g/mol. The molecule has 2 amide bonds. The van der Waals surface area contributed by atoms with Gasteiger partial charge in [0.15, 0.2) is 5.82 Å². The number of hydrogen-bond donors (Lipinski definition) is 1. The van der Waals surface area contributed by atoms with E-state index in [9.17, 15) is 9.59 Å². The lowest BCUT2D eigenvalue weighted by molar-refractivity contribution is -0.135. The molecule has 1 aromatic carbocycles. The molecular formula is C16H18N4O2S. The maximum atomic E-state index is 12.5. The highest BCUT2D eigenvalue weighted by Crippen LogP contribution is 2.22. The van der Waals surface area contributed by atoms with Gasteiger partial charge in [0, 0.05) is 30.1 Å². The molecule has 6 nitrogen and oxygen atoms in total. The fourth-order valence-electron chi connectivity index (χ4n) is 2.71. The van der Waals surface area contributed by atoms with E-state index in [-0.39, 0.29) is 11.8 Å². The van der Waals surface area contributed by atoms with Gasteiger partial charge in [0.2, 0.25) is 16.9 Å². The Morgan fingerprint density at radius 2 is 2.17 bits per heavy atom. The van der Waals surface area contributed by atoms with Crippen LogP contribution in [0.5, 0.6) is 0 Å². The van der Waals surface area contributed by atoms with Crippen LogP contribution in [0.2, 0.25) is 0 Å². The fraction of sp³-hybridized carbons (Fsp3) is 0.375. The fourth-order valence-corrected chi connectivity index (χ4v) is 3.31. The van der Waals surface area contributed by atoms with Crippen molar-refractivity contribution in [2.45, 2.75) is 32.2 Å². The van der Waals surface area contributed by atoms with Crippen LogP contribution in [-0.2, 0) is 9.59 Å². The van der Waals surface area contributed by atoms with Gasteiger partial charge in [-0.1, -0.05) is 37.3 Å². The van der Waals surface area contributed by atoms with E-state index < -0.39 is 6.04 Å². The van der Waals surface area contributed by atoms with Gasteiger partial charge in [-0.05, 0) is 12.8 Å². The first kappa shape index (κ1) is 15.6. The van der Waals surface area contributed by atoms with E-state index in [0.717, 1.165) is 23.5 Å². The van der Waals surface area contributed by atoms with Crippen LogP contribution >= 0.6 is 11.5 Å². The lowest BCUT2D eigenvalue weighted by atomic mass is 10.2. The predicted molar refractivity (Wildman–Crippen MR) is 89.0 cm³/mol. The van der Waals surface area contributed by atoms with Crippen molar-refractivity contribution in [3.8, 4) is 11.4 Å². The highest BCUT2D eigenvalue weighted by atomic mass is 32.1. The number of hydrogen-bond acceptors (Lipinski definition) is 5. The summed E-state index contributed by atoms with van der Waals surface area (Å²) in [7, 11) is 0. The molecule has 1 aliphatic heterocycles. The van der Waals surface area contributed by atoms with E-state index in [4.69, 9.17) is 0 Å². The van der Waals surface area contributed by atoms with Crippen molar-refractivity contribution < 1.29 is 9.59 Å². The molecule has 1 aliphatic rings. The van der Waals surface area contributed by atoms with Crippen LogP contribution in [0.3, 0.4) is 0 Å². The number of carbonyl (C=O) groups excluding carboxylic acids is 2. The topological polar surface area (TPSA) is 75.2 Å². The average Bonchev–Trinajstić information content (AvgIpc) is 3.19. The minimum Gasteiger partial charge on any atom is -0.331 e. The molecule has 1 atom stereocenters. The first-order valence-electron chi connectivity index (χ1n) is 7.68. The van der Waals surface area contributed by atoms with Gasteiger partial charge in [-0.25, -0.2) is 0 Å². The zero-order valence-electron chi connectivity index (χ0n) is 12.9. The normalized spacial score (nSPS) is 15.7. The Labute approximate surface area is 138 Å². The molecule has 0 spiro atoms. The van der Waals surface area contributed by atoms with Gasteiger partial charge in [-0.2, -0.15) is 9.36 Å². The molecule has 120 valence electrons. The highest BCUT2D eigenvalue weighted by molar-refractivity contribution is 7.10. The van der Waals surface area contributed by atoms with Crippen LogP contribution in [0.1, 0.15) is 26.2 Å². The Morgan fingerprint density at radius 1 is 1.39 bits per heavy atom. The molecule has 3 rings (SSSR count). The van der Waals surface area contributed by atoms with Crippen molar-refractivity contribution in [3.63, 3.8) is 0 Å². The number of likely N-dealkylation sites (tertiary alicyclic amines) is 1. The van der Waals surface area contributed by atoms with Gasteiger partial charge < -0.3 is 4.90 Å². The van der Waals surface area contributed by atoms with E-state index >= 15 is 0 Å². The highest BCUT2D eigenvalue weighted by Gasteiger charge is 2.31. The summed E-state index contributed by atoms with van der Waals surface area (Å²) in [6.07, 6.45) is 1.93. The summed E-state index contributed by atoms with van der Waals surface area (Å²) in [5.74, 6) is 0.448. The van der Waals surface area contributed by atoms with Gasteiger partial charge in [-0.15, -0.1) is 0 Å². The third kappa shape index (κ3) is 3.39. The van der Waals surface area contributed by atoms with Crippen LogP contribution < -0.4 is 5.32 Å². The molecule has 7 heteroatoms. The molecule has 1 N–H and O–H groups in total. The van der Waals surface area contributed by atoms with Crippen LogP contribution in [0.25, 0.3) is 11.4 Å². The zero-order chi connectivity index (χ0) is 16.2. The Hall–Kier alpha value is -2.28. The van der Waals surface area contributed by atoms with E-state index in [1.807, 2.05) is 37.3 Å². The summed E-state index contributed by atoms with van der Waals surface area (Å²) in [6.45, 7) is 2.56. The molecule has 23 heavy (non-hydrogen) atoms. The van der Waals surface area contributed by atoms with Crippen molar-refractivity contribution in [2.75, 3.05) is 11.9 Å². The SMILES string of the molecule is CC[C@@H](C(=O)Nc1nc(-c2ccccc2)ns1)N1CCCC1=O. The van der Waals surface area contributed by atoms with Crippen molar-refractivity contribution in [2.24, 2.45) is 0 Å². The summed E-state index contributed by atoms with van der Waals surface area (Å²) >= 11 is 1.15. The number of nitrogens with one attached hydrogen (secondary N) is 1. The van der Waals surface area contributed by atoms with E-state index in [2.05, 4.69) is 14.7 Å². The largest absolute Gasteiger partial charge is 0.331 e. The Morgan fingerprint density at radius 3 is 2.83 bits per heavy atom. The number of carbonyl (C=O) groups is 2. The number of nitrogens with zero attached hydrogens (tertiary/aromatic N) is 3. The molecule has 1 aromatic heterocycles. The summed E-state index contributed by atoms with van der Waals surface area (Å²) in [6, 6.07) is 9.17. The van der Waals surface area contributed by atoms with Gasteiger partial charge in [0.25, 0.3) is 0 Å². The number of anilines is 1. The molecule has 0 radical (unpaired) electrons. The Kier molecular flexibility index (Phi) is 4.66. The van der Waals surface area contributed by atoms with E-state index in [0.29, 0.717) is 30.3 Å². The maximum absolute atomic E-state index is 12.5. The minimum atomic E-state index is -0.436. The monoisotopic (exact) mass is 330 g/mol. The predicted octanol–water partition coefficient (Wildman–Crippen LogP) is 2.54. The van der Waals surface area contributed by atoms with Crippen LogP contribution in [0.15, 0.2) is 30.3 Å². The molecule has 0 bridgehead atoms. The molecule has 0 unspecified atom stereocenters. The molecule has 1 saturated heterocycles. The van der Waals surface area contributed by atoms with Gasteiger partial charge >= 0.3 is 0 Å². The number of benzene rings is 1. The second-order valence-electron chi connectivity index (χ2n) is 5.39. The van der Waals surface area contributed by atoms with E-state index in [1.54, 1.807) is 4.90 Å². The number of rotatable bonds is 5. The van der Waals surface area contributed by atoms with Crippen molar-refractivity contribution in [1.29, 1.82) is 0 Å². The van der Waals surface area contributed by atoms with E-state index in [1.165, 1.54) is 0 Å². The van der Waals surface area contributed by atoms with Crippen molar-refractivity contribution in [3.05, 3.63) is 30.3 Å². The minimum absolute atomic E-state index is 0.0502. The smallest absolute Gasteiger partial charge is 0.248 e. The molecular weight excluding hydrogens is 312 g/mol. The third-order valence-electron chi connectivity index (χ3n) is 3.86. The second kappa shape index (κ2) is 6.87. The summed E-state index contributed by atoms with van der Waals surface area (Å²) < 4.78 is 4.27. The molecule has 2 heterocycles. The second-order valence-corrected chi connectivity index (χ2v) is 6.14. The summed E-state index contributed by atoms with van der Waals surface area (Å²) in [4.78, 5) is 30.3. The van der Waals surface area contributed by atoms with Crippen LogP contribution in [0.4, 0.5) is 5.13 Å². The first-order valence-corrected chi connectivity index (χ1v) is 8.46. The zero-order valence-corrected chi connectivity index (χ0v) is 13.7. The van der Waals surface area contributed by atoms with Gasteiger partial charge in [0.05, 0.1) is 0 Å². The number of aromatic nitrogens is 2. The third-order valence-corrected chi connectivity index (χ3v) is 4.49. The lowest BCUT2D eigenvalue weighted by Crippen LogP contribution is -2.44. The Bertz CT molecular complexity index is 701. The first-order chi connectivity index (χ1) is 11.2. The van der Waals surface area contributed by atoms with Crippen molar-refractivity contribution in [1.82, 2.24) is 14.3 Å². The summed E-state index contributed by atoms with van der Waals surface area (Å²) in [5.41, 5.74) is 0.908. The molecule has 2 aromatic rings. The number of amides is 2.